The van der Waals surface area contributed by atoms with E-state index in [0.717, 1.165) is 48.0 Å². The molecule has 6 heteroatoms. The molecule has 1 atom stereocenters. The summed E-state index contributed by atoms with van der Waals surface area (Å²) in [6.07, 6.45) is 5.94. The van der Waals surface area contributed by atoms with E-state index < -0.39 is 27.8 Å². The van der Waals surface area contributed by atoms with Crippen molar-refractivity contribution in [3.63, 3.8) is 0 Å². The Morgan fingerprint density at radius 3 is 1.50 bits per heavy atom. The summed E-state index contributed by atoms with van der Waals surface area (Å²) in [4.78, 5) is 14.9. The highest BCUT2D eigenvalue weighted by molar-refractivity contribution is 7.97. The van der Waals surface area contributed by atoms with Crippen molar-refractivity contribution in [1.82, 2.24) is 0 Å². The second-order valence-corrected chi connectivity index (χ2v) is 15.9. The normalized spacial score (nSPS) is 12.3. The van der Waals surface area contributed by atoms with Gasteiger partial charge in [0.2, 0.25) is 0 Å². The number of ketones is 1. The van der Waals surface area contributed by atoms with E-state index in [9.17, 15) is 18.5 Å². The molecule has 4 rings (SSSR count). The fraction of sp³-hybridized carbons (Fsp3) is 0.250. The minimum atomic E-state index is -4.06. The van der Waals surface area contributed by atoms with Crippen molar-refractivity contribution in [2.24, 2.45) is 0 Å². The smallest absolute Gasteiger partial charge is 0.192 e. The van der Waals surface area contributed by atoms with E-state index in [-0.39, 0.29) is 16.6 Å². The lowest BCUT2D eigenvalue weighted by molar-refractivity contribution is -0.112. The van der Waals surface area contributed by atoms with Crippen LogP contribution in [0.1, 0.15) is 51.9 Å². The standard InChI is InChI=1S/C36H38NO3PS/c1-2-3-4-5-6-19-28-35(42(39,40)33-26-17-10-18-27-33)36(38)34(29-37)41(30-20-11-7-12-21-30,31-22-13-8-14-23-31)32-24-15-9-16-25-32/h7-18,20-27,35H,2-6,19,28H2,1H3. The molecule has 0 aliphatic rings. The molecule has 0 spiro atoms. The molecule has 0 amide bonds. The molecule has 0 saturated heterocycles. The average Bonchev–Trinajstić information content (AvgIpc) is 3.04. The van der Waals surface area contributed by atoms with Gasteiger partial charge in [-0.05, 0) is 41.4 Å². The first-order valence-electron chi connectivity index (χ1n) is 14.6. The molecule has 1 unspecified atom stereocenters. The molecule has 0 aliphatic heterocycles. The quantitative estimate of drug-likeness (QED) is 0.118. The van der Waals surface area contributed by atoms with E-state index in [0.29, 0.717) is 6.42 Å². The Morgan fingerprint density at radius 1 is 0.667 bits per heavy atom. The Hall–Kier alpha value is -3.71. The van der Waals surface area contributed by atoms with Crippen LogP contribution in [0.5, 0.6) is 0 Å². The van der Waals surface area contributed by atoms with Crippen LogP contribution in [0, 0.1) is 11.3 Å². The van der Waals surface area contributed by atoms with Crippen molar-refractivity contribution in [2.75, 3.05) is 0 Å². The van der Waals surface area contributed by atoms with E-state index in [2.05, 4.69) is 13.0 Å². The summed E-state index contributed by atoms with van der Waals surface area (Å²) in [5.41, 5.74) is 0. The highest BCUT2D eigenvalue weighted by Gasteiger charge is 2.41. The first-order chi connectivity index (χ1) is 20.5. The fourth-order valence-corrected chi connectivity index (χ4v) is 11.5. The van der Waals surface area contributed by atoms with E-state index in [4.69, 9.17) is 0 Å². The molecule has 0 aromatic heterocycles. The van der Waals surface area contributed by atoms with Gasteiger partial charge in [0.05, 0.1) is 4.90 Å². The highest BCUT2D eigenvalue weighted by Crippen LogP contribution is 2.47. The Kier molecular flexibility index (Phi) is 11.1. The Morgan fingerprint density at radius 2 is 1.07 bits per heavy atom. The topological polar surface area (TPSA) is 75.0 Å². The monoisotopic (exact) mass is 595 g/mol. The second-order valence-electron chi connectivity index (χ2n) is 10.4. The van der Waals surface area contributed by atoms with E-state index in [1.807, 2.05) is 91.0 Å². The number of Topliss-reactive ketones (excluding diaryl/α,β-unsaturated/α-hetero) is 1. The third-order valence-electron chi connectivity index (χ3n) is 7.66. The van der Waals surface area contributed by atoms with Crippen LogP contribution in [0.3, 0.4) is 0 Å². The van der Waals surface area contributed by atoms with Gasteiger partial charge in [-0.15, -0.1) is 0 Å². The molecule has 0 aliphatic carbocycles. The van der Waals surface area contributed by atoms with Crippen LogP contribution in [0.2, 0.25) is 0 Å². The summed E-state index contributed by atoms with van der Waals surface area (Å²) >= 11 is 0. The SMILES string of the molecule is CCCCCCCCC(C(=O)C(C#N)=P(c1ccccc1)(c1ccccc1)c1ccccc1)S(=O)(=O)c1ccccc1. The zero-order valence-electron chi connectivity index (χ0n) is 24.1. The molecule has 42 heavy (non-hydrogen) atoms. The zero-order chi connectivity index (χ0) is 29.8. The van der Waals surface area contributed by atoms with Crippen LogP contribution in [0.4, 0.5) is 0 Å². The van der Waals surface area contributed by atoms with Crippen LogP contribution >= 0.6 is 6.89 Å². The van der Waals surface area contributed by atoms with Gasteiger partial charge in [0, 0.05) is 0 Å². The third kappa shape index (κ3) is 6.67. The van der Waals surface area contributed by atoms with Gasteiger partial charge < -0.3 is 0 Å². The number of benzene rings is 4. The summed E-state index contributed by atoms with van der Waals surface area (Å²) in [6, 6.07) is 39.4. The maximum absolute atomic E-state index is 14.8. The molecule has 0 saturated carbocycles. The number of rotatable bonds is 14. The van der Waals surface area contributed by atoms with Gasteiger partial charge in [-0.3, -0.25) is 4.79 Å². The van der Waals surface area contributed by atoms with Gasteiger partial charge >= 0.3 is 0 Å². The number of sulfone groups is 1. The molecule has 4 aromatic rings. The molecule has 216 valence electrons. The van der Waals surface area contributed by atoms with Gasteiger partial charge in [-0.2, -0.15) is 5.26 Å². The summed E-state index contributed by atoms with van der Waals surface area (Å²) in [6.45, 7) is -0.892. The van der Waals surface area contributed by atoms with Gasteiger partial charge in [-0.25, -0.2) is 8.42 Å². The number of hydrogen-bond donors (Lipinski definition) is 0. The molecule has 4 aromatic carbocycles. The van der Waals surface area contributed by atoms with Crippen LogP contribution < -0.4 is 15.9 Å². The molecule has 0 fully saturated rings. The maximum atomic E-state index is 14.8. The molecule has 4 nitrogen and oxygen atoms in total. The van der Waals surface area contributed by atoms with Crippen molar-refractivity contribution in [3.8, 4) is 6.07 Å². The third-order valence-corrected chi connectivity index (χ3v) is 14.0. The number of nitriles is 1. The van der Waals surface area contributed by atoms with E-state index in [1.54, 1.807) is 18.2 Å². The summed E-state index contributed by atoms with van der Waals surface area (Å²) in [5, 5.41) is 12.1. The molecule has 0 radical (unpaired) electrons. The minimum Gasteiger partial charge on any atom is -0.292 e. The van der Waals surface area contributed by atoms with Crippen LogP contribution in [0.25, 0.3) is 0 Å². The van der Waals surface area contributed by atoms with Crippen LogP contribution in [-0.2, 0) is 14.6 Å². The number of hydrogen-bond acceptors (Lipinski definition) is 4. The lowest BCUT2D eigenvalue weighted by Gasteiger charge is -2.31. The number of carbonyl (C=O) groups is 1. The maximum Gasteiger partial charge on any atom is 0.192 e. The van der Waals surface area contributed by atoms with Gasteiger partial charge in [0.1, 0.15) is 16.6 Å². The van der Waals surface area contributed by atoms with Crippen molar-refractivity contribution < 1.29 is 13.2 Å². The van der Waals surface area contributed by atoms with Crippen molar-refractivity contribution >= 4 is 43.7 Å². The highest BCUT2D eigenvalue weighted by atomic mass is 32.2. The van der Waals surface area contributed by atoms with Gasteiger partial charge in [0.15, 0.2) is 15.6 Å². The van der Waals surface area contributed by atoms with Crippen molar-refractivity contribution in [3.05, 3.63) is 121 Å². The predicted octanol–water partition coefficient (Wildman–Crippen LogP) is 6.84. The number of carbonyl (C=O) groups excluding carboxylic acids is 1. The first kappa shape index (κ1) is 31.2. The van der Waals surface area contributed by atoms with Crippen molar-refractivity contribution in [1.29, 1.82) is 5.26 Å². The Bertz CT molecular complexity index is 1540. The van der Waals surface area contributed by atoms with Crippen molar-refractivity contribution in [2.45, 2.75) is 62.0 Å². The average molecular weight is 596 g/mol. The minimum absolute atomic E-state index is 0.0154. The zero-order valence-corrected chi connectivity index (χ0v) is 25.8. The molecular weight excluding hydrogens is 557 g/mol. The molecule has 0 heterocycles. The molecule has 0 N–H and O–H groups in total. The lowest BCUT2D eigenvalue weighted by atomic mass is 10.1. The fourth-order valence-electron chi connectivity index (χ4n) is 5.55. The first-order valence-corrected chi connectivity index (χ1v) is 18.0. The van der Waals surface area contributed by atoms with Gasteiger partial charge in [-0.1, -0.05) is 155 Å². The Labute approximate surface area is 251 Å². The van der Waals surface area contributed by atoms with Crippen LogP contribution in [-0.4, -0.2) is 24.7 Å². The summed E-state index contributed by atoms with van der Waals surface area (Å²) in [5.74, 6) is -0.597. The molecule has 0 bridgehead atoms. The second kappa shape index (κ2) is 15.0. The number of unbranched alkanes of at least 4 members (excludes halogenated alkanes) is 5. The largest absolute Gasteiger partial charge is 0.292 e. The summed E-state index contributed by atoms with van der Waals surface area (Å²) in [7, 11) is -4.06. The van der Waals surface area contributed by atoms with Gasteiger partial charge in [0.25, 0.3) is 0 Å². The molecular formula is C36H38NO3PS. The Balaban J connectivity index is 1.99. The summed E-state index contributed by atoms with van der Waals surface area (Å²) < 4.78 is 28.3. The van der Waals surface area contributed by atoms with Crippen LogP contribution in [0.15, 0.2) is 126 Å². The lowest BCUT2D eigenvalue weighted by Crippen LogP contribution is -2.40. The number of nitrogens with zero attached hydrogens (tertiary/aromatic N) is 1. The predicted molar refractivity (Wildman–Crippen MR) is 176 cm³/mol. The van der Waals surface area contributed by atoms with E-state index >= 15 is 0 Å². The van der Waals surface area contributed by atoms with E-state index in [1.165, 1.54) is 12.1 Å².